The molecule has 1 atom stereocenters. The molecule has 1 unspecified atom stereocenters. The highest BCUT2D eigenvalue weighted by molar-refractivity contribution is 7.99. The molecule has 0 saturated heterocycles. The summed E-state index contributed by atoms with van der Waals surface area (Å²) in [5.74, 6) is -0.693. The van der Waals surface area contributed by atoms with Crippen LogP contribution in [0.15, 0.2) is 0 Å². The van der Waals surface area contributed by atoms with Crippen molar-refractivity contribution in [1.29, 1.82) is 0 Å². The highest BCUT2D eigenvalue weighted by Gasteiger charge is 2.06. The van der Waals surface area contributed by atoms with Crippen molar-refractivity contribution < 1.29 is 9.59 Å². The van der Waals surface area contributed by atoms with Crippen LogP contribution in [-0.2, 0) is 4.79 Å². The lowest BCUT2D eigenvalue weighted by Crippen LogP contribution is -2.42. The number of imide groups is 1. The van der Waals surface area contributed by atoms with E-state index in [1.165, 1.54) is 0 Å². The number of carbonyl (C=O) groups is 2. The maximum atomic E-state index is 10.9. The van der Waals surface area contributed by atoms with E-state index in [1.807, 2.05) is 13.2 Å². The van der Waals surface area contributed by atoms with Crippen molar-refractivity contribution in [3.8, 4) is 0 Å². The van der Waals surface area contributed by atoms with Crippen molar-refractivity contribution in [3.05, 3.63) is 0 Å². The lowest BCUT2D eigenvalue weighted by atomic mass is 10.5. The van der Waals surface area contributed by atoms with Gasteiger partial charge in [-0.25, -0.2) is 4.79 Å². The summed E-state index contributed by atoms with van der Waals surface area (Å²) in [5, 5.41) is 4.96. The third-order valence-corrected chi connectivity index (χ3v) is 2.54. The second-order valence-electron chi connectivity index (χ2n) is 2.44. The van der Waals surface area contributed by atoms with E-state index in [4.69, 9.17) is 11.6 Å². The number of halogens is 1. The molecular formula is C7H13ClN2O2S. The van der Waals surface area contributed by atoms with Crippen molar-refractivity contribution in [2.45, 2.75) is 12.2 Å². The normalized spacial score (nSPS) is 11.9. The molecule has 6 heteroatoms. The molecule has 0 fully saturated rings. The standard InChI is InChI=1S/C7H13ClN2O2S/c1-5(13-2)4-9-7(12)10-6(11)3-8/h5H,3-4H2,1-2H3,(H2,9,10,11,12). The zero-order valence-electron chi connectivity index (χ0n) is 7.59. The summed E-state index contributed by atoms with van der Waals surface area (Å²) in [6.45, 7) is 2.51. The van der Waals surface area contributed by atoms with Crippen LogP contribution in [0.3, 0.4) is 0 Å². The van der Waals surface area contributed by atoms with E-state index < -0.39 is 11.9 Å². The van der Waals surface area contributed by atoms with Crippen LogP contribution >= 0.6 is 23.4 Å². The fraction of sp³-hybridized carbons (Fsp3) is 0.714. The van der Waals surface area contributed by atoms with Gasteiger partial charge in [-0.1, -0.05) is 6.92 Å². The van der Waals surface area contributed by atoms with Crippen LogP contribution in [0.25, 0.3) is 0 Å². The number of rotatable bonds is 4. The summed E-state index contributed by atoms with van der Waals surface area (Å²) in [6, 6.07) is -0.494. The molecule has 0 aliphatic carbocycles. The number of urea groups is 1. The van der Waals surface area contributed by atoms with Gasteiger partial charge in [-0.15, -0.1) is 11.6 Å². The van der Waals surface area contributed by atoms with E-state index >= 15 is 0 Å². The van der Waals surface area contributed by atoms with Gasteiger partial charge in [-0.3, -0.25) is 10.1 Å². The summed E-state index contributed by atoms with van der Waals surface area (Å²) < 4.78 is 0. The summed E-state index contributed by atoms with van der Waals surface area (Å²) in [4.78, 5) is 21.5. The van der Waals surface area contributed by atoms with Crippen LogP contribution in [0.4, 0.5) is 4.79 Å². The number of hydrogen-bond acceptors (Lipinski definition) is 3. The second kappa shape index (κ2) is 7.03. The van der Waals surface area contributed by atoms with Gasteiger partial charge >= 0.3 is 6.03 Å². The Bertz CT molecular complexity index is 189. The maximum Gasteiger partial charge on any atom is 0.321 e. The van der Waals surface area contributed by atoms with Gasteiger partial charge in [-0.2, -0.15) is 11.8 Å². The van der Waals surface area contributed by atoms with Gasteiger partial charge < -0.3 is 5.32 Å². The van der Waals surface area contributed by atoms with Crippen LogP contribution in [-0.4, -0.2) is 35.9 Å². The molecule has 0 bridgehead atoms. The fourth-order valence-electron chi connectivity index (χ4n) is 0.524. The Kier molecular flexibility index (Phi) is 6.80. The molecule has 0 aromatic rings. The molecule has 0 aromatic heterocycles. The van der Waals surface area contributed by atoms with E-state index in [0.29, 0.717) is 11.8 Å². The van der Waals surface area contributed by atoms with Crippen LogP contribution in [0.2, 0.25) is 0 Å². The Labute approximate surface area is 86.8 Å². The Balaban J connectivity index is 3.57. The van der Waals surface area contributed by atoms with Gasteiger partial charge in [0.25, 0.3) is 0 Å². The first-order valence-corrected chi connectivity index (χ1v) is 5.58. The highest BCUT2D eigenvalue weighted by atomic mass is 35.5. The summed E-state index contributed by atoms with van der Waals surface area (Å²) in [7, 11) is 0. The lowest BCUT2D eigenvalue weighted by Gasteiger charge is -2.09. The van der Waals surface area contributed by atoms with Crippen molar-refractivity contribution in [1.82, 2.24) is 10.6 Å². The third kappa shape index (κ3) is 6.72. The van der Waals surface area contributed by atoms with Crippen molar-refractivity contribution in [2.24, 2.45) is 0 Å². The molecular weight excluding hydrogens is 212 g/mol. The zero-order valence-corrected chi connectivity index (χ0v) is 9.17. The minimum atomic E-state index is -0.494. The van der Waals surface area contributed by atoms with Gasteiger partial charge in [0.2, 0.25) is 5.91 Å². The molecule has 3 amide bonds. The predicted octanol–water partition coefficient (Wildman–Crippen LogP) is 0.802. The Morgan fingerprint density at radius 2 is 2.15 bits per heavy atom. The molecule has 0 aliphatic rings. The number of alkyl halides is 1. The molecule has 0 aliphatic heterocycles. The van der Waals surface area contributed by atoms with Gasteiger partial charge in [0.05, 0.1) is 0 Å². The quantitative estimate of drug-likeness (QED) is 0.695. The van der Waals surface area contributed by atoms with E-state index in [9.17, 15) is 9.59 Å². The first-order valence-electron chi connectivity index (χ1n) is 3.76. The van der Waals surface area contributed by atoms with Crippen LogP contribution < -0.4 is 10.6 Å². The van der Waals surface area contributed by atoms with E-state index in [0.717, 1.165) is 0 Å². The molecule has 0 spiro atoms. The highest BCUT2D eigenvalue weighted by Crippen LogP contribution is 2.01. The molecule has 0 rings (SSSR count). The van der Waals surface area contributed by atoms with Crippen molar-refractivity contribution in [2.75, 3.05) is 18.7 Å². The number of thioether (sulfide) groups is 1. The van der Waals surface area contributed by atoms with Crippen molar-refractivity contribution in [3.63, 3.8) is 0 Å². The number of nitrogens with one attached hydrogen (secondary N) is 2. The van der Waals surface area contributed by atoms with Gasteiger partial charge in [0.1, 0.15) is 5.88 Å². The van der Waals surface area contributed by atoms with E-state index in [2.05, 4.69) is 10.6 Å². The molecule has 2 N–H and O–H groups in total. The molecule has 76 valence electrons. The van der Waals surface area contributed by atoms with Gasteiger partial charge in [-0.05, 0) is 6.26 Å². The zero-order chi connectivity index (χ0) is 10.3. The Morgan fingerprint density at radius 1 is 1.54 bits per heavy atom. The van der Waals surface area contributed by atoms with E-state index in [1.54, 1.807) is 11.8 Å². The Morgan fingerprint density at radius 3 is 2.62 bits per heavy atom. The summed E-state index contributed by atoms with van der Waals surface area (Å²) >= 11 is 6.83. The largest absolute Gasteiger partial charge is 0.337 e. The monoisotopic (exact) mass is 224 g/mol. The van der Waals surface area contributed by atoms with Crippen LogP contribution in [0.5, 0.6) is 0 Å². The van der Waals surface area contributed by atoms with Gasteiger partial charge in [0, 0.05) is 11.8 Å². The summed E-state index contributed by atoms with van der Waals surface area (Å²) in [6.07, 6.45) is 1.95. The third-order valence-electron chi connectivity index (χ3n) is 1.33. The molecule has 0 aromatic carbocycles. The topological polar surface area (TPSA) is 58.2 Å². The fourth-order valence-corrected chi connectivity index (χ4v) is 0.841. The molecule has 0 radical (unpaired) electrons. The molecule has 13 heavy (non-hydrogen) atoms. The average molecular weight is 225 g/mol. The number of hydrogen-bond donors (Lipinski definition) is 2. The number of carbonyl (C=O) groups excluding carboxylic acids is 2. The minimum absolute atomic E-state index is 0.203. The van der Waals surface area contributed by atoms with Crippen molar-refractivity contribution >= 4 is 35.3 Å². The predicted molar refractivity (Wildman–Crippen MR) is 55.2 cm³/mol. The van der Waals surface area contributed by atoms with E-state index in [-0.39, 0.29) is 5.88 Å². The first-order chi connectivity index (χ1) is 6.10. The number of amides is 3. The minimum Gasteiger partial charge on any atom is -0.337 e. The SMILES string of the molecule is CSC(C)CNC(=O)NC(=O)CCl. The second-order valence-corrected chi connectivity index (χ2v) is 3.98. The average Bonchev–Trinajstić information content (AvgIpc) is 2.13. The first kappa shape index (κ1) is 12.6. The summed E-state index contributed by atoms with van der Waals surface area (Å²) in [5.41, 5.74) is 0. The molecule has 0 saturated carbocycles. The maximum absolute atomic E-state index is 10.9. The molecule has 0 heterocycles. The van der Waals surface area contributed by atoms with Crippen LogP contribution in [0.1, 0.15) is 6.92 Å². The lowest BCUT2D eigenvalue weighted by molar-refractivity contribution is -0.117. The smallest absolute Gasteiger partial charge is 0.321 e. The van der Waals surface area contributed by atoms with Crippen LogP contribution in [0, 0.1) is 0 Å². The Hall–Kier alpha value is -0.420. The van der Waals surface area contributed by atoms with Gasteiger partial charge in [0.15, 0.2) is 0 Å². The molecule has 4 nitrogen and oxygen atoms in total.